The zero-order valence-corrected chi connectivity index (χ0v) is 5.90. The Kier molecular flexibility index (Phi) is 1.99. The number of benzene rings is 1. The molecular weight excluding hydrogens is 131 g/mol. The summed E-state index contributed by atoms with van der Waals surface area (Å²) >= 11 is 2.13. The average molecular weight is 136 g/mol. The van der Waals surface area contributed by atoms with E-state index in [0.29, 0.717) is 0 Å². The van der Waals surface area contributed by atoms with Crippen LogP contribution in [0, 0.1) is 0 Å². The van der Waals surface area contributed by atoms with Crippen molar-refractivity contribution in [1.29, 1.82) is 0 Å². The molecule has 2 nitrogen and oxygen atoms in total. The first-order valence-corrected chi connectivity index (χ1v) is 2.96. The molecule has 0 bridgehead atoms. The predicted octanol–water partition coefficient (Wildman–Crippen LogP) is 0.855. The van der Waals surface area contributed by atoms with Gasteiger partial charge in [0, 0.05) is 0 Å². The predicted molar refractivity (Wildman–Crippen MR) is 34.5 cm³/mol. The molecular formula is C6H5AlO2. The van der Waals surface area contributed by atoms with Crippen LogP contribution in [0.2, 0.25) is 0 Å². The van der Waals surface area contributed by atoms with Gasteiger partial charge in [-0.25, -0.2) is 0 Å². The van der Waals surface area contributed by atoms with E-state index in [1.165, 1.54) is 0 Å². The minimum absolute atomic E-state index is 0.251. The first-order chi connectivity index (χ1) is 4.33. The molecule has 0 aliphatic rings. The lowest BCUT2D eigenvalue weighted by atomic mass is 10.3. The lowest BCUT2D eigenvalue weighted by Gasteiger charge is -1.99. The Hall–Kier alpha value is -0.648. The quantitative estimate of drug-likeness (QED) is 0.580. The van der Waals surface area contributed by atoms with E-state index < -0.39 is 0 Å². The van der Waals surface area contributed by atoms with Crippen molar-refractivity contribution in [3.05, 3.63) is 24.3 Å². The summed E-state index contributed by atoms with van der Waals surface area (Å²) in [6.45, 7) is 0. The maximum absolute atomic E-state index is 8.79. The van der Waals surface area contributed by atoms with Crippen LogP contribution in [0.5, 0.6) is 11.5 Å². The molecule has 0 spiro atoms. The normalized spacial score (nSPS) is 8.89. The molecule has 1 rings (SSSR count). The third kappa shape index (κ3) is 1.63. The van der Waals surface area contributed by atoms with Gasteiger partial charge in [-0.2, -0.15) is 0 Å². The monoisotopic (exact) mass is 136 g/mol. The van der Waals surface area contributed by atoms with Gasteiger partial charge in [-0.05, 0) is 24.3 Å². The van der Waals surface area contributed by atoms with Gasteiger partial charge >= 0.3 is 16.6 Å². The molecule has 1 N–H and O–H groups in total. The fourth-order valence-electron chi connectivity index (χ4n) is 0.525. The Morgan fingerprint density at radius 1 is 1.22 bits per heavy atom. The summed E-state index contributed by atoms with van der Waals surface area (Å²) in [7, 11) is 0. The summed E-state index contributed by atoms with van der Waals surface area (Å²) in [4.78, 5) is 0. The van der Waals surface area contributed by atoms with Crippen LogP contribution in [-0.2, 0) is 0 Å². The van der Waals surface area contributed by atoms with Crippen molar-refractivity contribution in [3.8, 4) is 11.5 Å². The highest BCUT2D eigenvalue weighted by molar-refractivity contribution is 5.99. The van der Waals surface area contributed by atoms with Gasteiger partial charge in [0.15, 0.2) is 0 Å². The van der Waals surface area contributed by atoms with Gasteiger partial charge in [-0.3, -0.25) is 0 Å². The van der Waals surface area contributed by atoms with Crippen molar-refractivity contribution in [2.75, 3.05) is 0 Å². The fraction of sp³-hybridized carbons (Fsp3) is 0. The molecule has 2 radical (unpaired) electrons. The van der Waals surface area contributed by atoms with Gasteiger partial charge in [-0.1, -0.05) is 0 Å². The second-order valence-electron chi connectivity index (χ2n) is 1.61. The molecule has 0 aliphatic heterocycles. The van der Waals surface area contributed by atoms with Crippen molar-refractivity contribution in [3.63, 3.8) is 0 Å². The molecule has 1 aromatic rings. The largest absolute Gasteiger partial charge is 0.654 e. The van der Waals surface area contributed by atoms with Crippen LogP contribution in [-0.4, -0.2) is 21.7 Å². The van der Waals surface area contributed by atoms with Gasteiger partial charge in [0.1, 0.15) is 5.75 Å². The summed E-state index contributed by atoms with van der Waals surface area (Å²) in [6, 6.07) is 6.50. The van der Waals surface area contributed by atoms with Gasteiger partial charge < -0.3 is 8.90 Å². The second kappa shape index (κ2) is 2.77. The SMILES string of the molecule is Oc1ccc([O][Al])cc1. The van der Waals surface area contributed by atoms with Crippen molar-refractivity contribution < 1.29 is 8.90 Å². The molecule has 0 unspecified atom stereocenters. The molecule has 0 amide bonds. The van der Waals surface area contributed by atoms with E-state index in [1.807, 2.05) is 0 Å². The lowest BCUT2D eigenvalue weighted by molar-refractivity contribution is 0.474. The van der Waals surface area contributed by atoms with Gasteiger partial charge in [0.05, 0.1) is 5.75 Å². The van der Waals surface area contributed by atoms with Crippen LogP contribution >= 0.6 is 0 Å². The van der Waals surface area contributed by atoms with Crippen molar-refractivity contribution >= 4 is 16.6 Å². The Labute approximate surface area is 61.8 Å². The second-order valence-corrected chi connectivity index (χ2v) is 1.85. The number of hydrogen-bond acceptors (Lipinski definition) is 2. The molecule has 1 aromatic carbocycles. The highest BCUT2D eigenvalue weighted by atomic mass is 27.1. The molecule has 0 fully saturated rings. The molecule has 0 saturated heterocycles. The molecule has 3 heteroatoms. The third-order valence-electron chi connectivity index (χ3n) is 0.973. The molecule has 0 aromatic heterocycles. The van der Waals surface area contributed by atoms with E-state index in [4.69, 9.17) is 8.90 Å². The molecule has 9 heavy (non-hydrogen) atoms. The zero-order chi connectivity index (χ0) is 6.69. The standard InChI is InChI=1S/C6H6O2.Al/c7-5-1-2-6(8)4-3-5;/h1-4,7-8H;/q;+1/p-1. The van der Waals surface area contributed by atoms with Crippen LogP contribution in [0.25, 0.3) is 0 Å². The van der Waals surface area contributed by atoms with Crippen LogP contribution in [0.4, 0.5) is 0 Å². The van der Waals surface area contributed by atoms with Crippen LogP contribution in [0.15, 0.2) is 24.3 Å². The van der Waals surface area contributed by atoms with Gasteiger partial charge in [-0.15, -0.1) is 0 Å². The average Bonchev–Trinajstić information content (AvgIpc) is 1.90. The van der Waals surface area contributed by atoms with Gasteiger partial charge in [0.25, 0.3) is 0 Å². The third-order valence-corrected chi connectivity index (χ3v) is 1.24. The number of phenolic OH excluding ortho intramolecular Hbond substituents is 1. The molecule has 0 heterocycles. The Morgan fingerprint density at radius 3 is 2.22 bits per heavy atom. The molecule has 0 atom stereocenters. The van der Waals surface area contributed by atoms with E-state index in [1.54, 1.807) is 24.3 Å². The number of aromatic hydroxyl groups is 1. The van der Waals surface area contributed by atoms with Crippen LogP contribution in [0.3, 0.4) is 0 Å². The lowest BCUT2D eigenvalue weighted by Crippen LogP contribution is -1.82. The summed E-state index contributed by atoms with van der Waals surface area (Å²) in [5.74, 6) is 0.971. The van der Waals surface area contributed by atoms with Crippen molar-refractivity contribution in [1.82, 2.24) is 0 Å². The first-order valence-electron chi connectivity index (χ1n) is 2.48. The van der Waals surface area contributed by atoms with Crippen LogP contribution in [0.1, 0.15) is 0 Å². The highest BCUT2D eigenvalue weighted by Crippen LogP contribution is 2.14. The Bertz CT molecular complexity index is 183. The molecule has 0 aliphatic carbocycles. The minimum atomic E-state index is 0.251. The van der Waals surface area contributed by atoms with E-state index in [2.05, 4.69) is 16.6 Å². The number of phenols is 1. The summed E-state index contributed by atoms with van der Waals surface area (Å²) < 4.78 is 4.77. The van der Waals surface area contributed by atoms with Crippen molar-refractivity contribution in [2.24, 2.45) is 0 Å². The summed E-state index contributed by atoms with van der Waals surface area (Å²) in [5.41, 5.74) is 0. The first kappa shape index (κ1) is 6.47. The van der Waals surface area contributed by atoms with Gasteiger partial charge in [0.2, 0.25) is 0 Å². The zero-order valence-electron chi connectivity index (χ0n) is 4.74. The summed E-state index contributed by atoms with van der Waals surface area (Å²) in [6.07, 6.45) is 0. The van der Waals surface area contributed by atoms with E-state index >= 15 is 0 Å². The Balaban J connectivity index is 2.88. The number of rotatable bonds is 1. The molecule has 44 valence electrons. The van der Waals surface area contributed by atoms with E-state index in [0.717, 1.165) is 5.75 Å². The smallest absolute Gasteiger partial charge is 0.482 e. The highest BCUT2D eigenvalue weighted by Gasteiger charge is 1.86. The van der Waals surface area contributed by atoms with Crippen LogP contribution < -0.4 is 3.79 Å². The van der Waals surface area contributed by atoms with Crippen molar-refractivity contribution in [2.45, 2.75) is 0 Å². The Morgan fingerprint density at radius 2 is 1.78 bits per heavy atom. The fourth-order valence-corrected chi connectivity index (χ4v) is 0.682. The minimum Gasteiger partial charge on any atom is -0.654 e. The topological polar surface area (TPSA) is 29.5 Å². The van der Waals surface area contributed by atoms with E-state index in [9.17, 15) is 0 Å². The maximum atomic E-state index is 8.79. The maximum Gasteiger partial charge on any atom is 0.482 e. The number of hydrogen-bond donors (Lipinski definition) is 1. The van der Waals surface area contributed by atoms with E-state index in [-0.39, 0.29) is 5.75 Å². The molecule has 0 saturated carbocycles. The summed E-state index contributed by atoms with van der Waals surface area (Å²) in [5, 5.41) is 8.79.